The number of benzene rings is 2. The third-order valence-corrected chi connectivity index (χ3v) is 6.72. The average molecular weight is 461 g/mol. The Morgan fingerprint density at radius 2 is 1.62 bits per heavy atom. The summed E-state index contributed by atoms with van der Waals surface area (Å²) in [7, 11) is -0.407. The van der Waals surface area contributed by atoms with Crippen LogP contribution in [0.1, 0.15) is 27.6 Å². The fraction of sp³-hybridized carbons (Fsp3) is 0.364. The summed E-state index contributed by atoms with van der Waals surface area (Å²) >= 11 is 0. The number of amides is 1. The van der Waals surface area contributed by atoms with Gasteiger partial charge in [-0.05, 0) is 63.5 Å². The molecule has 1 heterocycles. The number of anilines is 2. The van der Waals surface area contributed by atoms with Crippen LogP contribution in [0.3, 0.4) is 0 Å². The number of hydrogen-bond acceptors (Lipinski definition) is 7. The minimum atomic E-state index is -3.78. The van der Waals surface area contributed by atoms with Crippen LogP contribution in [0.15, 0.2) is 47.4 Å². The minimum absolute atomic E-state index is 0.0647. The summed E-state index contributed by atoms with van der Waals surface area (Å²) in [6.07, 6.45) is 0. The maximum Gasteiger partial charge on any atom is 0.338 e. The van der Waals surface area contributed by atoms with E-state index in [0.29, 0.717) is 30.0 Å². The molecule has 0 unspecified atom stereocenters. The number of hydrogen-bond donors (Lipinski definition) is 2. The van der Waals surface area contributed by atoms with Crippen molar-refractivity contribution in [1.82, 2.24) is 9.62 Å². The molecule has 1 amide bonds. The number of esters is 1. The predicted molar refractivity (Wildman–Crippen MR) is 123 cm³/mol. The molecule has 2 aromatic rings. The number of carbonyl (C=O) groups excluding carboxylic acids is 2. The number of piperazine rings is 1. The molecule has 0 aromatic heterocycles. The molecule has 9 nitrogen and oxygen atoms in total. The van der Waals surface area contributed by atoms with Gasteiger partial charge in [-0.2, -0.15) is 0 Å². The second kappa shape index (κ2) is 10.1. The summed E-state index contributed by atoms with van der Waals surface area (Å²) in [5, 5.41) is 2.73. The van der Waals surface area contributed by atoms with Crippen LogP contribution in [0.25, 0.3) is 0 Å². The van der Waals surface area contributed by atoms with Crippen LogP contribution in [-0.2, 0) is 14.8 Å². The van der Waals surface area contributed by atoms with Gasteiger partial charge in [-0.25, -0.2) is 17.9 Å². The van der Waals surface area contributed by atoms with Crippen LogP contribution < -0.4 is 14.9 Å². The van der Waals surface area contributed by atoms with Gasteiger partial charge in [-0.15, -0.1) is 0 Å². The summed E-state index contributed by atoms with van der Waals surface area (Å²) in [5.41, 5.74) is 1.64. The Balaban J connectivity index is 1.83. The van der Waals surface area contributed by atoms with Crippen molar-refractivity contribution in [3.8, 4) is 0 Å². The standard InChI is InChI=1S/C22H28N4O5S/c1-4-31-22(28)16-5-8-18(9-6-16)24-21(27)17-7-10-19(20(15-17)32(29,30)23-2)26-13-11-25(3)12-14-26/h5-10,15,23H,4,11-14H2,1-3H3,(H,24,27). The minimum Gasteiger partial charge on any atom is -0.462 e. The zero-order valence-electron chi connectivity index (χ0n) is 18.4. The maximum absolute atomic E-state index is 12.8. The van der Waals surface area contributed by atoms with E-state index in [1.54, 1.807) is 43.3 Å². The van der Waals surface area contributed by atoms with Crippen LogP contribution in [-0.4, -0.2) is 72.1 Å². The van der Waals surface area contributed by atoms with Crippen molar-refractivity contribution in [3.05, 3.63) is 53.6 Å². The topological polar surface area (TPSA) is 108 Å². The van der Waals surface area contributed by atoms with Crippen molar-refractivity contribution >= 4 is 33.3 Å². The number of ether oxygens (including phenoxy) is 1. The van der Waals surface area contributed by atoms with Crippen molar-refractivity contribution in [2.45, 2.75) is 11.8 Å². The molecular formula is C22H28N4O5S. The molecule has 0 spiro atoms. The molecule has 0 radical (unpaired) electrons. The number of nitrogens with zero attached hydrogens (tertiary/aromatic N) is 2. The SMILES string of the molecule is CCOC(=O)c1ccc(NC(=O)c2ccc(N3CCN(C)CC3)c(S(=O)(=O)NC)c2)cc1. The lowest BCUT2D eigenvalue weighted by Crippen LogP contribution is -2.45. The first-order chi connectivity index (χ1) is 15.2. The van der Waals surface area contributed by atoms with Crippen LogP contribution in [0.5, 0.6) is 0 Å². The van der Waals surface area contributed by atoms with E-state index in [4.69, 9.17) is 4.74 Å². The van der Waals surface area contributed by atoms with E-state index in [9.17, 15) is 18.0 Å². The molecule has 3 rings (SSSR count). The zero-order valence-corrected chi connectivity index (χ0v) is 19.2. The van der Waals surface area contributed by atoms with Gasteiger partial charge in [0.1, 0.15) is 4.90 Å². The molecule has 1 aliphatic rings. The quantitative estimate of drug-likeness (QED) is 0.607. The first kappa shape index (κ1) is 23.7. The fourth-order valence-corrected chi connectivity index (χ4v) is 4.37. The third-order valence-electron chi connectivity index (χ3n) is 5.28. The van der Waals surface area contributed by atoms with Crippen molar-refractivity contribution in [2.24, 2.45) is 0 Å². The number of carbonyl (C=O) groups is 2. The normalized spacial score (nSPS) is 14.8. The lowest BCUT2D eigenvalue weighted by atomic mass is 10.1. The Morgan fingerprint density at radius 1 is 1.00 bits per heavy atom. The molecule has 2 aromatic carbocycles. The average Bonchev–Trinajstić information content (AvgIpc) is 2.80. The smallest absolute Gasteiger partial charge is 0.338 e. The summed E-state index contributed by atoms with van der Waals surface area (Å²) in [5.74, 6) is -0.891. The van der Waals surface area contributed by atoms with Crippen molar-refractivity contribution in [1.29, 1.82) is 0 Å². The Labute approximate surface area is 188 Å². The monoisotopic (exact) mass is 460 g/mol. The molecule has 10 heteroatoms. The van der Waals surface area contributed by atoms with E-state index in [-0.39, 0.29) is 17.1 Å². The fourth-order valence-electron chi connectivity index (χ4n) is 3.40. The predicted octanol–water partition coefficient (Wildman–Crippen LogP) is 1.78. The Morgan fingerprint density at radius 3 is 2.22 bits per heavy atom. The van der Waals surface area contributed by atoms with Crippen molar-refractivity contribution < 1.29 is 22.7 Å². The lowest BCUT2D eigenvalue weighted by Gasteiger charge is -2.35. The van der Waals surface area contributed by atoms with Crippen LogP contribution in [0.4, 0.5) is 11.4 Å². The highest BCUT2D eigenvalue weighted by Crippen LogP contribution is 2.28. The van der Waals surface area contributed by atoms with E-state index in [0.717, 1.165) is 13.1 Å². The van der Waals surface area contributed by atoms with Gasteiger partial charge in [-0.3, -0.25) is 4.79 Å². The Kier molecular flexibility index (Phi) is 7.49. The van der Waals surface area contributed by atoms with Gasteiger partial charge in [0.05, 0.1) is 17.9 Å². The largest absolute Gasteiger partial charge is 0.462 e. The van der Waals surface area contributed by atoms with Crippen LogP contribution in [0.2, 0.25) is 0 Å². The summed E-state index contributed by atoms with van der Waals surface area (Å²) in [6, 6.07) is 11.0. The van der Waals surface area contributed by atoms with Gasteiger partial charge < -0.3 is 19.9 Å². The molecule has 1 fully saturated rings. The Bertz CT molecular complexity index is 1080. The van der Waals surface area contributed by atoms with Gasteiger partial charge in [0, 0.05) is 37.4 Å². The highest BCUT2D eigenvalue weighted by Gasteiger charge is 2.24. The number of sulfonamides is 1. The van der Waals surface area contributed by atoms with E-state index in [1.165, 1.54) is 13.1 Å². The van der Waals surface area contributed by atoms with E-state index in [2.05, 4.69) is 14.9 Å². The van der Waals surface area contributed by atoms with Gasteiger partial charge in [-0.1, -0.05) is 0 Å². The van der Waals surface area contributed by atoms with E-state index in [1.807, 2.05) is 11.9 Å². The molecule has 172 valence electrons. The molecule has 2 N–H and O–H groups in total. The number of rotatable bonds is 7. The highest BCUT2D eigenvalue weighted by molar-refractivity contribution is 7.89. The van der Waals surface area contributed by atoms with Crippen molar-refractivity contribution in [3.63, 3.8) is 0 Å². The molecule has 0 bridgehead atoms. The number of likely N-dealkylation sites (N-methyl/N-ethyl adjacent to an activating group) is 1. The first-order valence-corrected chi connectivity index (χ1v) is 11.8. The molecule has 32 heavy (non-hydrogen) atoms. The molecule has 0 atom stereocenters. The van der Waals surface area contributed by atoms with Crippen LogP contribution >= 0.6 is 0 Å². The first-order valence-electron chi connectivity index (χ1n) is 10.3. The zero-order chi connectivity index (χ0) is 23.3. The number of nitrogens with one attached hydrogen (secondary N) is 2. The van der Waals surface area contributed by atoms with Crippen molar-refractivity contribution in [2.75, 3.05) is 57.1 Å². The summed E-state index contributed by atoms with van der Waals surface area (Å²) in [6.45, 7) is 5.04. The molecular weight excluding hydrogens is 432 g/mol. The lowest BCUT2D eigenvalue weighted by molar-refractivity contribution is 0.0526. The van der Waals surface area contributed by atoms with Gasteiger partial charge in [0.25, 0.3) is 5.91 Å². The third kappa shape index (κ3) is 5.45. The van der Waals surface area contributed by atoms with Gasteiger partial charge in [0.15, 0.2) is 0 Å². The van der Waals surface area contributed by atoms with Gasteiger partial charge in [0.2, 0.25) is 10.0 Å². The molecule has 1 saturated heterocycles. The summed E-state index contributed by atoms with van der Waals surface area (Å²) in [4.78, 5) is 28.8. The highest BCUT2D eigenvalue weighted by atomic mass is 32.2. The second-order valence-corrected chi connectivity index (χ2v) is 9.29. The molecule has 0 aliphatic carbocycles. The van der Waals surface area contributed by atoms with Gasteiger partial charge >= 0.3 is 5.97 Å². The molecule has 0 saturated carbocycles. The Hall–Kier alpha value is -2.95. The summed E-state index contributed by atoms with van der Waals surface area (Å²) < 4.78 is 32.7. The van der Waals surface area contributed by atoms with E-state index < -0.39 is 21.9 Å². The second-order valence-electron chi connectivity index (χ2n) is 7.43. The molecule has 1 aliphatic heterocycles. The van der Waals surface area contributed by atoms with E-state index >= 15 is 0 Å². The maximum atomic E-state index is 12.8. The van der Waals surface area contributed by atoms with Crippen LogP contribution in [0, 0.1) is 0 Å².